The van der Waals surface area contributed by atoms with Gasteiger partial charge >= 0.3 is 0 Å². The summed E-state index contributed by atoms with van der Waals surface area (Å²) in [7, 11) is 0. The fourth-order valence-electron chi connectivity index (χ4n) is 3.56. The van der Waals surface area contributed by atoms with E-state index in [1.54, 1.807) is 0 Å². The number of hydrogen-bond donors (Lipinski definition) is 1. The van der Waals surface area contributed by atoms with E-state index < -0.39 is 0 Å². The summed E-state index contributed by atoms with van der Waals surface area (Å²) < 4.78 is 1.09. The van der Waals surface area contributed by atoms with E-state index in [0.29, 0.717) is 11.9 Å². The molecule has 0 aromatic heterocycles. The first-order valence-electron chi connectivity index (χ1n) is 8.03. The molecule has 0 spiro atoms. The van der Waals surface area contributed by atoms with Crippen LogP contribution in [-0.2, 0) is 11.2 Å². The molecule has 1 aromatic carbocycles. The predicted octanol–water partition coefficient (Wildman–Crippen LogP) is 3.12. The highest BCUT2D eigenvalue weighted by Gasteiger charge is 2.33. The van der Waals surface area contributed by atoms with Crippen LogP contribution in [0.3, 0.4) is 0 Å². The number of rotatable bonds is 3. The number of amides is 1. The van der Waals surface area contributed by atoms with Crippen LogP contribution in [0.4, 0.5) is 0 Å². The average Bonchev–Trinajstić information content (AvgIpc) is 2.52. The summed E-state index contributed by atoms with van der Waals surface area (Å²) in [5, 5.41) is 3.40. The van der Waals surface area contributed by atoms with Crippen LogP contribution in [0.25, 0.3) is 0 Å². The van der Waals surface area contributed by atoms with E-state index in [-0.39, 0.29) is 6.04 Å². The van der Waals surface area contributed by atoms with Crippen molar-refractivity contribution in [3.63, 3.8) is 0 Å². The second-order valence-electron chi connectivity index (χ2n) is 6.13. The van der Waals surface area contributed by atoms with Gasteiger partial charge in [-0.25, -0.2) is 0 Å². The van der Waals surface area contributed by atoms with Crippen LogP contribution in [0.15, 0.2) is 28.7 Å². The Balaban J connectivity index is 1.68. The highest BCUT2D eigenvalue weighted by atomic mass is 79.9. The van der Waals surface area contributed by atoms with Gasteiger partial charge in [0, 0.05) is 23.6 Å². The molecular formula is C17H23BrN2O. The molecule has 4 heteroatoms. The van der Waals surface area contributed by atoms with Crippen LogP contribution >= 0.6 is 15.9 Å². The molecule has 1 saturated heterocycles. The Bertz CT molecular complexity index is 499. The molecule has 0 bridgehead atoms. The van der Waals surface area contributed by atoms with Gasteiger partial charge in [-0.3, -0.25) is 4.79 Å². The first kappa shape index (κ1) is 15.0. The van der Waals surface area contributed by atoms with E-state index in [2.05, 4.69) is 32.2 Å². The van der Waals surface area contributed by atoms with Gasteiger partial charge in [-0.2, -0.15) is 0 Å². The summed E-state index contributed by atoms with van der Waals surface area (Å²) in [6.45, 7) is 1.79. The van der Waals surface area contributed by atoms with Gasteiger partial charge < -0.3 is 10.2 Å². The van der Waals surface area contributed by atoms with Gasteiger partial charge in [0.2, 0.25) is 5.91 Å². The minimum atomic E-state index is -0.0700. The molecule has 2 fully saturated rings. The fourth-order valence-corrected chi connectivity index (χ4v) is 4.00. The fraction of sp³-hybridized carbons (Fsp3) is 0.588. The molecule has 1 amide bonds. The Labute approximate surface area is 135 Å². The standard InChI is InChI=1S/C17H23BrN2O/c18-15-9-5-4-6-13(15)12-16-17(21)20(11-10-19-16)14-7-2-1-3-8-14/h4-6,9,14,16,19H,1-3,7-8,10-12H2. The summed E-state index contributed by atoms with van der Waals surface area (Å²) >= 11 is 3.58. The summed E-state index contributed by atoms with van der Waals surface area (Å²) in [5.41, 5.74) is 1.20. The number of piperazine rings is 1. The van der Waals surface area contributed by atoms with Gasteiger partial charge in [0.15, 0.2) is 0 Å². The summed E-state index contributed by atoms with van der Waals surface area (Å²) in [6, 6.07) is 8.60. The first-order valence-corrected chi connectivity index (χ1v) is 8.82. The van der Waals surface area contributed by atoms with E-state index in [9.17, 15) is 4.79 Å². The summed E-state index contributed by atoms with van der Waals surface area (Å²) in [5.74, 6) is 0.295. The molecule has 1 unspecified atom stereocenters. The van der Waals surface area contributed by atoms with Gasteiger partial charge in [-0.05, 0) is 30.9 Å². The van der Waals surface area contributed by atoms with Gasteiger partial charge in [0.1, 0.15) is 0 Å². The number of carbonyl (C=O) groups is 1. The van der Waals surface area contributed by atoms with Crippen molar-refractivity contribution in [2.45, 2.75) is 50.6 Å². The lowest BCUT2D eigenvalue weighted by Crippen LogP contribution is -2.59. The van der Waals surface area contributed by atoms with E-state index in [1.165, 1.54) is 37.7 Å². The molecular weight excluding hydrogens is 328 g/mol. The zero-order valence-corrected chi connectivity index (χ0v) is 13.9. The van der Waals surface area contributed by atoms with Crippen LogP contribution in [-0.4, -0.2) is 36.0 Å². The molecule has 1 N–H and O–H groups in total. The number of benzene rings is 1. The molecule has 1 aliphatic carbocycles. The number of nitrogens with zero attached hydrogens (tertiary/aromatic N) is 1. The van der Waals surface area contributed by atoms with Crippen molar-refractivity contribution >= 4 is 21.8 Å². The lowest BCUT2D eigenvalue weighted by Gasteiger charge is -2.40. The van der Waals surface area contributed by atoms with Crippen molar-refractivity contribution in [1.82, 2.24) is 10.2 Å². The molecule has 21 heavy (non-hydrogen) atoms. The Morgan fingerprint density at radius 2 is 1.95 bits per heavy atom. The number of hydrogen-bond acceptors (Lipinski definition) is 2. The van der Waals surface area contributed by atoms with E-state index in [4.69, 9.17) is 0 Å². The van der Waals surface area contributed by atoms with Crippen molar-refractivity contribution in [1.29, 1.82) is 0 Å². The Morgan fingerprint density at radius 1 is 1.19 bits per heavy atom. The maximum Gasteiger partial charge on any atom is 0.240 e. The van der Waals surface area contributed by atoms with Gasteiger partial charge in [-0.15, -0.1) is 0 Å². The van der Waals surface area contributed by atoms with Crippen molar-refractivity contribution in [3.8, 4) is 0 Å². The summed E-state index contributed by atoms with van der Waals surface area (Å²) in [6.07, 6.45) is 7.02. The minimum Gasteiger partial charge on any atom is -0.337 e. The second kappa shape index (κ2) is 6.93. The molecule has 3 rings (SSSR count). The third-order valence-electron chi connectivity index (χ3n) is 4.72. The molecule has 1 aromatic rings. The maximum absolute atomic E-state index is 12.8. The van der Waals surface area contributed by atoms with Crippen LogP contribution in [0.1, 0.15) is 37.7 Å². The van der Waals surface area contributed by atoms with Crippen LogP contribution in [0.5, 0.6) is 0 Å². The molecule has 0 radical (unpaired) electrons. The monoisotopic (exact) mass is 350 g/mol. The van der Waals surface area contributed by atoms with E-state index >= 15 is 0 Å². The minimum absolute atomic E-state index is 0.0700. The highest BCUT2D eigenvalue weighted by Crippen LogP contribution is 2.25. The quantitative estimate of drug-likeness (QED) is 0.908. The SMILES string of the molecule is O=C1C(Cc2ccccc2Br)NCCN1C1CCCCC1. The lowest BCUT2D eigenvalue weighted by molar-refractivity contribution is -0.138. The average molecular weight is 351 g/mol. The van der Waals surface area contributed by atoms with E-state index in [0.717, 1.165) is 24.0 Å². The van der Waals surface area contributed by atoms with Crippen molar-refractivity contribution in [3.05, 3.63) is 34.3 Å². The van der Waals surface area contributed by atoms with Crippen molar-refractivity contribution < 1.29 is 4.79 Å². The Morgan fingerprint density at radius 3 is 2.71 bits per heavy atom. The van der Waals surface area contributed by atoms with Gasteiger partial charge in [0.05, 0.1) is 6.04 Å². The zero-order valence-electron chi connectivity index (χ0n) is 12.4. The molecule has 2 aliphatic rings. The molecule has 1 aliphatic heterocycles. The first-order chi connectivity index (χ1) is 10.3. The van der Waals surface area contributed by atoms with Crippen molar-refractivity contribution in [2.75, 3.05) is 13.1 Å². The molecule has 1 heterocycles. The van der Waals surface area contributed by atoms with Crippen LogP contribution in [0, 0.1) is 0 Å². The third-order valence-corrected chi connectivity index (χ3v) is 5.50. The molecule has 114 valence electrons. The van der Waals surface area contributed by atoms with Gasteiger partial charge in [-0.1, -0.05) is 53.4 Å². The van der Waals surface area contributed by atoms with Gasteiger partial charge in [0.25, 0.3) is 0 Å². The predicted molar refractivity (Wildman–Crippen MR) is 88.2 cm³/mol. The third kappa shape index (κ3) is 3.49. The largest absolute Gasteiger partial charge is 0.337 e. The Hall–Kier alpha value is -0.870. The topological polar surface area (TPSA) is 32.3 Å². The maximum atomic E-state index is 12.8. The smallest absolute Gasteiger partial charge is 0.240 e. The number of halogens is 1. The van der Waals surface area contributed by atoms with E-state index in [1.807, 2.05) is 18.2 Å². The Kier molecular flexibility index (Phi) is 4.96. The second-order valence-corrected chi connectivity index (χ2v) is 6.98. The molecule has 1 saturated carbocycles. The number of nitrogens with one attached hydrogen (secondary N) is 1. The van der Waals surface area contributed by atoms with Crippen LogP contribution in [0.2, 0.25) is 0 Å². The lowest BCUT2D eigenvalue weighted by atomic mass is 9.92. The highest BCUT2D eigenvalue weighted by molar-refractivity contribution is 9.10. The van der Waals surface area contributed by atoms with Crippen molar-refractivity contribution in [2.24, 2.45) is 0 Å². The summed E-state index contributed by atoms with van der Waals surface area (Å²) in [4.78, 5) is 14.9. The number of carbonyl (C=O) groups excluding carboxylic acids is 1. The molecule has 1 atom stereocenters. The normalized spacial score (nSPS) is 24.3. The zero-order chi connectivity index (χ0) is 14.7. The molecule has 3 nitrogen and oxygen atoms in total. The van der Waals surface area contributed by atoms with Crippen LogP contribution < -0.4 is 5.32 Å².